The fourth-order valence-electron chi connectivity index (χ4n) is 1.33. The molecule has 82 valence electrons. The lowest BCUT2D eigenvalue weighted by Crippen LogP contribution is -2.31. The van der Waals surface area contributed by atoms with E-state index in [-0.39, 0.29) is 0 Å². The van der Waals surface area contributed by atoms with Crippen LogP contribution in [0, 0.1) is 0 Å². The first-order valence-electron chi connectivity index (χ1n) is 5.11. The molecule has 0 bridgehead atoms. The molecule has 2 aromatic rings. The molecule has 2 N–H and O–H groups in total. The first-order valence-corrected chi connectivity index (χ1v) is 5.11. The van der Waals surface area contributed by atoms with E-state index >= 15 is 0 Å². The number of rotatable bonds is 2. The SMILES string of the molecule is CC(C)(N)c1nccc(-c2ccccn2)n1. The molecule has 0 aromatic carbocycles. The van der Waals surface area contributed by atoms with Crippen LogP contribution in [0.1, 0.15) is 19.7 Å². The van der Waals surface area contributed by atoms with Crippen LogP contribution in [0.5, 0.6) is 0 Å². The van der Waals surface area contributed by atoms with Crippen LogP contribution in [0.15, 0.2) is 36.7 Å². The fraction of sp³-hybridized carbons (Fsp3) is 0.250. The van der Waals surface area contributed by atoms with E-state index in [1.165, 1.54) is 0 Å². The molecule has 2 rings (SSSR count). The summed E-state index contributed by atoms with van der Waals surface area (Å²) in [6.07, 6.45) is 3.45. The molecule has 0 fully saturated rings. The Balaban J connectivity index is 2.45. The van der Waals surface area contributed by atoms with Crippen molar-refractivity contribution in [1.82, 2.24) is 15.0 Å². The fourth-order valence-corrected chi connectivity index (χ4v) is 1.33. The Hall–Kier alpha value is -1.81. The molecule has 4 heteroatoms. The third-order valence-corrected chi connectivity index (χ3v) is 2.16. The first-order chi connectivity index (χ1) is 7.57. The minimum atomic E-state index is -0.537. The van der Waals surface area contributed by atoms with Crippen molar-refractivity contribution >= 4 is 0 Å². The zero-order valence-corrected chi connectivity index (χ0v) is 9.38. The van der Waals surface area contributed by atoms with Gasteiger partial charge in [-0.1, -0.05) is 6.07 Å². The maximum absolute atomic E-state index is 5.96. The predicted molar refractivity (Wildman–Crippen MR) is 62.5 cm³/mol. The predicted octanol–water partition coefficient (Wildman–Crippen LogP) is 1.73. The molecule has 0 saturated heterocycles. The Labute approximate surface area is 94.6 Å². The van der Waals surface area contributed by atoms with Crippen LogP contribution in [0.3, 0.4) is 0 Å². The number of pyridine rings is 1. The number of nitrogens with two attached hydrogens (primary N) is 1. The van der Waals surface area contributed by atoms with E-state index in [9.17, 15) is 0 Å². The van der Waals surface area contributed by atoms with Crippen molar-refractivity contribution in [1.29, 1.82) is 0 Å². The molecule has 0 spiro atoms. The third-order valence-electron chi connectivity index (χ3n) is 2.16. The number of hydrogen-bond acceptors (Lipinski definition) is 4. The van der Waals surface area contributed by atoms with Crippen LogP contribution in [0.25, 0.3) is 11.4 Å². The van der Waals surface area contributed by atoms with Gasteiger partial charge in [-0.3, -0.25) is 4.98 Å². The summed E-state index contributed by atoms with van der Waals surface area (Å²) >= 11 is 0. The maximum atomic E-state index is 5.96. The molecule has 0 aliphatic heterocycles. The monoisotopic (exact) mass is 214 g/mol. The Morgan fingerprint density at radius 1 is 1.00 bits per heavy atom. The second kappa shape index (κ2) is 3.98. The van der Waals surface area contributed by atoms with Gasteiger partial charge >= 0.3 is 0 Å². The van der Waals surface area contributed by atoms with Gasteiger partial charge in [-0.15, -0.1) is 0 Å². The molecular formula is C12H14N4. The molecule has 2 aromatic heterocycles. The van der Waals surface area contributed by atoms with Crippen molar-refractivity contribution in [3.63, 3.8) is 0 Å². The van der Waals surface area contributed by atoms with Gasteiger partial charge in [0.2, 0.25) is 0 Å². The van der Waals surface area contributed by atoms with Crippen molar-refractivity contribution in [2.24, 2.45) is 5.73 Å². The van der Waals surface area contributed by atoms with Gasteiger partial charge in [0.25, 0.3) is 0 Å². The molecule has 0 atom stereocenters. The van der Waals surface area contributed by atoms with Crippen molar-refractivity contribution in [2.75, 3.05) is 0 Å². The molecule has 0 saturated carbocycles. The lowest BCUT2D eigenvalue weighted by Gasteiger charge is -2.16. The van der Waals surface area contributed by atoms with Crippen LogP contribution >= 0.6 is 0 Å². The number of hydrogen-bond donors (Lipinski definition) is 1. The largest absolute Gasteiger partial charge is 0.319 e. The lowest BCUT2D eigenvalue weighted by molar-refractivity contribution is 0.514. The minimum absolute atomic E-state index is 0.537. The topological polar surface area (TPSA) is 64.7 Å². The summed E-state index contributed by atoms with van der Waals surface area (Å²) in [5.74, 6) is 0.621. The normalized spacial score (nSPS) is 11.4. The molecule has 0 aliphatic rings. The van der Waals surface area contributed by atoms with Gasteiger partial charge in [-0.05, 0) is 32.0 Å². The van der Waals surface area contributed by atoms with E-state index in [4.69, 9.17) is 5.73 Å². The van der Waals surface area contributed by atoms with Crippen molar-refractivity contribution in [3.8, 4) is 11.4 Å². The molecule has 0 aliphatic carbocycles. The summed E-state index contributed by atoms with van der Waals surface area (Å²) in [6.45, 7) is 3.76. The van der Waals surface area contributed by atoms with Gasteiger partial charge in [0.05, 0.1) is 16.9 Å². The molecule has 0 radical (unpaired) electrons. The Morgan fingerprint density at radius 3 is 2.44 bits per heavy atom. The second-order valence-corrected chi connectivity index (χ2v) is 4.20. The van der Waals surface area contributed by atoms with Gasteiger partial charge in [-0.25, -0.2) is 9.97 Å². The minimum Gasteiger partial charge on any atom is -0.319 e. The highest BCUT2D eigenvalue weighted by atomic mass is 15.0. The van der Waals surface area contributed by atoms with E-state index < -0.39 is 5.54 Å². The highest BCUT2D eigenvalue weighted by Crippen LogP contribution is 2.17. The summed E-state index contributed by atoms with van der Waals surface area (Å²) in [5, 5.41) is 0. The zero-order chi connectivity index (χ0) is 11.6. The molecule has 4 nitrogen and oxygen atoms in total. The smallest absolute Gasteiger partial charge is 0.148 e. The van der Waals surface area contributed by atoms with E-state index in [1.54, 1.807) is 12.4 Å². The Bertz CT molecular complexity index is 474. The zero-order valence-electron chi connectivity index (χ0n) is 9.38. The van der Waals surface area contributed by atoms with Gasteiger partial charge in [0.15, 0.2) is 0 Å². The second-order valence-electron chi connectivity index (χ2n) is 4.20. The molecule has 16 heavy (non-hydrogen) atoms. The molecule has 2 heterocycles. The van der Waals surface area contributed by atoms with E-state index in [0.29, 0.717) is 5.82 Å². The van der Waals surface area contributed by atoms with E-state index in [2.05, 4.69) is 15.0 Å². The van der Waals surface area contributed by atoms with Gasteiger partial charge in [0.1, 0.15) is 5.82 Å². The first kappa shape index (κ1) is 10.7. The highest BCUT2D eigenvalue weighted by Gasteiger charge is 2.18. The van der Waals surface area contributed by atoms with E-state index in [1.807, 2.05) is 38.1 Å². The number of aromatic nitrogens is 3. The average molecular weight is 214 g/mol. The summed E-state index contributed by atoms with van der Waals surface area (Å²) < 4.78 is 0. The molecular weight excluding hydrogens is 200 g/mol. The van der Waals surface area contributed by atoms with Crippen LogP contribution in [-0.2, 0) is 5.54 Å². The third kappa shape index (κ3) is 2.23. The van der Waals surface area contributed by atoms with Gasteiger partial charge < -0.3 is 5.73 Å². The van der Waals surface area contributed by atoms with Crippen molar-refractivity contribution in [2.45, 2.75) is 19.4 Å². The summed E-state index contributed by atoms with van der Waals surface area (Å²) in [7, 11) is 0. The Morgan fingerprint density at radius 2 is 1.81 bits per heavy atom. The summed E-state index contributed by atoms with van der Waals surface area (Å²) in [6, 6.07) is 7.55. The summed E-state index contributed by atoms with van der Waals surface area (Å²) in [4.78, 5) is 12.8. The quantitative estimate of drug-likeness (QED) is 0.826. The van der Waals surface area contributed by atoms with Crippen molar-refractivity contribution in [3.05, 3.63) is 42.5 Å². The van der Waals surface area contributed by atoms with Crippen LogP contribution in [0.4, 0.5) is 0 Å². The maximum Gasteiger partial charge on any atom is 0.148 e. The molecule has 0 unspecified atom stereocenters. The Kier molecular flexibility index (Phi) is 2.66. The van der Waals surface area contributed by atoms with E-state index in [0.717, 1.165) is 11.4 Å². The van der Waals surface area contributed by atoms with Crippen LogP contribution in [-0.4, -0.2) is 15.0 Å². The van der Waals surface area contributed by atoms with Crippen LogP contribution in [0.2, 0.25) is 0 Å². The molecule has 0 amide bonds. The van der Waals surface area contributed by atoms with Crippen LogP contribution < -0.4 is 5.73 Å². The number of nitrogens with zero attached hydrogens (tertiary/aromatic N) is 3. The highest BCUT2D eigenvalue weighted by molar-refractivity contribution is 5.52. The van der Waals surface area contributed by atoms with Crippen molar-refractivity contribution < 1.29 is 0 Å². The standard InChI is InChI=1S/C12H14N4/c1-12(2,13)11-15-8-6-10(16-11)9-5-3-4-7-14-9/h3-8H,13H2,1-2H3. The summed E-state index contributed by atoms with van der Waals surface area (Å²) in [5.41, 5.74) is 7.05. The lowest BCUT2D eigenvalue weighted by atomic mass is 10.1. The van der Waals surface area contributed by atoms with Gasteiger partial charge in [0, 0.05) is 12.4 Å². The van der Waals surface area contributed by atoms with Gasteiger partial charge in [-0.2, -0.15) is 0 Å². The average Bonchev–Trinajstić information content (AvgIpc) is 2.29.